The number of piperidine rings is 1. The fraction of sp³-hybridized carbons (Fsp3) is 0.714. The number of nitrogens with zero attached hydrogens (tertiary/aromatic N) is 2. The molecule has 2 rings (SSSR count). The molecular formula is C14H24N4O. The average molecular weight is 264 g/mol. The van der Waals surface area contributed by atoms with Gasteiger partial charge in [0.25, 0.3) is 5.91 Å². The van der Waals surface area contributed by atoms with E-state index in [1.54, 1.807) is 4.68 Å². The minimum Gasteiger partial charge on any atom is -0.347 e. The number of carbonyl (C=O) groups is 1. The zero-order chi connectivity index (χ0) is 13.8. The molecule has 0 radical (unpaired) electrons. The summed E-state index contributed by atoms with van der Waals surface area (Å²) in [4.78, 5) is 12.3. The zero-order valence-electron chi connectivity index (χ0n) is 12.1. The van der Waals surface area contributed by atoms with Crippen LogP contribution >= 0.6 is 0 Å². The molecule has 2 N–H and O–H groups in total. The summed E-state index contributed by atoms with van der Waals surface area (Å²) in [6.07, 6.45) is 3.01. The summed E-state index contributed by atoms with van der Waals surface area (Å²) < 4.78 is 1.78. The molecule has 2 heterocycles. The second-order valence-corrected chi connectivity index (χ2v) is 5.25. The lowest BCUT2D eigenvalue weighted by Crippen LogP contribution is -2.48. The molecule has 0 bridgehead atoms. The van der Waals surface area contributed by atoms with E-state index in [1.807, 2.05) is 13.0 Å². The topological polar surface area (TPSA) is 59.0 Å². The number of hydrogen-bond donors (Lipinski definition) is 2. The van der Waals surface area contributed by atoms with Crippen LogP contribution in [0.1, 0.15) is 49.8 Å². The predicted molar refractivity (Wildman–Crippen MR) is 75.2 cm³/mol. The Kier molecular flexibility index (Phi) is 4.58. The quantitative estimate of drug-likeness (QED) is 0.862. The highest BCUT2D eigenvalue weighted by atomic mass is 16.2. The standard InChI is InChI=1S/C14H24N4O/c1-4-11-8-13(18(5-2)17-11)14(19)16-12-7-6-10(3)15-9-12/h8,10,12,15H,4-7,9H2,1-3H3,(H,16,19). The van der Waals surface area contributed by atoms with Crippen molar-refractivity contribution in [3.8, 4) is 0 Å². The lowest BCUT2D eigenvalue weighted by Gasteiger charge is -2.28. The van der Waals surface area contributed by atoms with E-state index in [-0.39, 0.29) is 11.9 Å². The van der Waals surface area contributed by atoms with Crippen LogP contribution < -0.4 is 10.6 Å². The van der Waals surface area contributed by atoms with Crippen molar-refractivity contribution in [3.63, 3.8) is 0 Å². The first-order valence-electron chi connectivity index (χ1n) is 7.25. The van der Waals surface area contributed by atoms with Crippen LogP contribution in [0.25, 0.3) is 0 Å². The Labute approximate surface area is 114 Å². The van der Waals surface area contributed by atoms with E-state index in [0.717, 1.165) is 38.0 Å². The molecule has 1 fully saturated rings. The Balaban J connectivity index is 2.01. The Morgan fingerprint density at radius 2 is 2.32 bits per heavy atom. The van der Waals surface area contributed by atoms with Crippen molar-refractivity contribution in [1.29, 1.82) is 0 Å². The smallest absolute Gasteiger partial charge is 0.269 e. The lowest BCUT2D eigenvalue weighted by molar-refractivity contribution is 0.0917. The van der Waals surface area contributed by atoms with Crippen LogP contribution in [0.15, 0.2) is 6.07 Å². The van der Waals surface area contributed by atoms with Gasteiger partial charge in [0.1, 0.15) is 5.69 Å². The number of hydrogen-bond acceptors (Lipinski definition) is 3. The Morgan fingerprint density at radius 1 is 1.53 bits per heavy atom. The number of aryl methyl sites for hydroxylation is 2. The molecule has 0 spiro atoms. The number of carbonyl (C=O) groups excluding carboxylic acids is 1. The molecule has 1 aromatic heterocycles. The summed E-state index contributed by atoms with van der Waals surface area (Å²) in [7, 11) is 0. The normalized spacial score (nSPS) is 23.3. The van der Waals surface area contributed by atoms with Gasteiger partial charge in [0.2, 0.25) is 0 Å². The van der Waals surface area contributed by atoms with Gasteiger partial charge in [-0.05, 0) is 39.2 Å². The first-order chi connectivity index (χ1) is 9.13. The molecule has 0 saturated carbocycles. The van der Waals surface area contributed by atoms with Crippen molar-refractivity contribution in [3.05, 3.63) is 17.5 Å². The third-order valence-corrected chi connectivity index (χ3v) is 3.72. The fourth-order valence-corrected chi connectivity index (χ4v) is 2.45. The third kappa shape index (κ3) is 3.35. The van der Waals surface area contributed by atoms with Crippen molar-refractivity contribution < 1.29 is 4.79 Å². The van der Waals surface area contributed by atoms with E-state index in [1.165, 1.54) is 0 Å². The summed E-state index contributed by atoms with van der Waals surface area (Å²) in [6, 6.07) is 2.69. The van der Waals surface area contributed by atoms with Crippen LogP contribution in [0, 0.1) is 0 Å². The van der Waals surface area contributed by atoms with Gasteiger partial charge in [-0.3, -0.25) is 9.48 Å². The van der Waals surface area contributed by atoms with Gasteiger partial charge >= 0.3 is 0 Å². The lowest BCUT2D eigenvalue weighted by atomic mass is 10.0. The summed E-state index contributed by atoms with van der Waals surface area (Å²) in [5.41, 5.74) is 1.65. The van der Waals surface area contributed by atoms with Gasteiger partial charge in [0.15, 0.2) is 0 Å². The van der Waals surface area contributed by atoms with E-state index in [9.17, 15) is 4.79 Å². The van der Waals surface area contributed by atoms with Crippen molar-refractivity contribution >= 4 is 5.91 Å². The second kappa shape index (κ2) is 6.19. The minimum atomic E-state index is -0.00426. The number of amides is 1. The van der Waals surface area contributed by atoms with E-state index >= 15 is 0 Å². The molecule has 19 heavy (non-hydrogen) atoms. The monoisotopic (exact) mass is 264 g/mol. The molecule has 5 heteroatoms. The van der Waals surface area contributed by atoms with Gasteiger partial charge < -0.3 is 10.6 Å². The van der Waals surface area contributed by atoms with Gasteiger partial charge in [-0.25, -0.2) is 0 Å². The van der Waals surface area contributed by atoms with Gasteiger partial charge in [-0.15, -0.1) is 0 Å². The molecule has 106 valence electrons. The molecule has 1 aliphatic rings. The minimum absolute atomic E-state index is 0.00426. The van der Waals surface area contributed by atoms with E-state index < -0.39 is 0 Å². The molecule has 0 aromatic carbocycles. The maximum absolute atomic E-state index is 12.3. The zero-order valence-corrected chi connectivity index (χ0v) is 12.1. The van der Waals surface area contributed by atoms with Crippen LogP contribution in [0.3, 0.4) is 0 Å². The Morgan fingerprint density at radius 3 is 2.89 bits per heavy atom. The van der Waals surface area contributed by atoms with Crippen LogP contribution in [0.5, 0.6) is 0 Å². The van der Waals surface area contributed by atoms with Gasteiger partial charge in [-0.1, -0.05) is 6.92 Å². The Hall–Kier alpha value is -1.36. The van der Waals surface area contributed by atoms with Crippen molar-refractivity contribution in [1.82, 2.24) is 20.4 Å². The van der Waals surface area contributed by atoms with Crippen molar-refractivity contribution in [2.24, 2.45) is 0 Å². The highest BCUT2D eigenvalue weighted by Gasteiger charge is 2.21. The third-order valence-electron chi connectivity index (χ3n) is 3.72. The molecule has 0 aliphatic carbocycles. The van der Waals surface area contributed by atoms with Crippen LogP contribution in [0.2, 0.25) is 0 Å². The van der Waals surface area contributed by atoms with Crippen molar-refractivity contribution in [2.45, 2.75) is 58.7 Å². The summed E-state index contributed by atoms with van der Waals surface area (Å²) in [5, 5.41) is 10.9. The van der Waals surface area contributed by atoms with Crippen LogP contribution in [-0.4, -0.2) is 34.3 Å². The van der Waals surface area contributed by atoms with E-state index in [4.69, 9.17) is 0 Å². The van der Waals surface area contributed by atoms with E-state index in [2.05, 4.69) is 29.6 Å². The molecule has 1 aliphatic heterocycles. The molecule has 1 aromatic rings. The first kappa shape index (κ1) is 14.1. The Bertz CT molecular complexity index is 433. The van der Waals surface area contributed by atoms with E-state index in [0.29, 0.717) is 11.7 Å². The van der Waals surface area contributed by atoms with Gasteiger partial charge in [0.05, 0.1) is 5.69 Å². The van der Waals surface area contributed by atoms with Gasteiger partial charge in [0, 0.05) is 25.2 Å². The van der Waals surface area contributed by atoms with Crippen molar-refractivity contribution in [2.75, 3.05) is 6.54 Å². The molecule has 5 nitrogen and oxygen atoms in total. The number of rotatable bonds is 4. The van der Waals surface area contributed by atoms with Gasteiger partial charge in [-0.2, -0.15) is 5.10 Å². The molecule has 2 atom stereocenters. The molecule has 1 amide bonds. The fourth-order valence-electron chi connectivity index (χ4n) is 2.45. The molecular weight excluding hydrogens is 240 g/mol. The first-order valence-corrected chi connectivity index (χ1v) is 7.25. The predicted octanol–water partition coefficient (Wildman–Crippen LogP) is 1.34. The van der Waals surface area contributed by atoms with Crippen LogP contribution in [-0.2, 0) is 13.0 Å². The highest BCUT2D eigenvalue weighted by Crippen LogP contribution is 2.10. The average Bonchev–Trinajstić information content (AvgIpc) is 2.85. The maximum atomic E-state index is 12.3. The second-order valence-electron chi connectivity index (χ2n) is 5.25. The maximum Gasteiger partial charge on any atom is 0.269 e. The molecule has 1 saturated heterocycles. The summed E-state index contributed by atoms with van der Waals surface area (Å²) in [6.45, 7) is 7.82. The van der Waals surface area contributed by atoms with Crippen LogP contribution in [0.4, 0.5) is 0 Å². The highest BCUT2D eigenvalue weighted by molar-refractivity contribution is 5.92. The summed E-state index contributed by atoms with van der Waals surface area (Å²) >= 11 is 0. The molecule has 2 unspecified atom stereocenters. The number of nitrogens with one attached hydrogen (secondary N) is 2. The SMILES string of the molecule is CCc1cc(C(=O)NC2CCC(C)NC2)n(CC)n1. The summed E-state index contributed by atoms with van der Waals surface area (Å²) in [5.74, 6) is -0.00426. The number of aromatic nitrogens is 2. The largest absolute Gasteiger partial charge is 0.347 e.